The summed E-state index contributed by atoms with van der Waals surface area (Å²) < 4.78 is 5.34. The first kappa shape index (κ1) is 21.7. The smallest absolute Gasteiger partial charge is 0.191 e. The molecule has 2 atom stereocenters. The Kier molecular flexibility index (Phi) is 10.2. The number of nitrogens with one attached hydrogen (secondary N) is 2. The van der Waals surface area contributed by atoms with Crippen LogP contribution >= 0.6 is 24.0 Å². The van der Waals surface area contributed by atoms with Crippen LogP contribution in [0.2, 0.25) is 0 Å². The van der Waals surface area contributed by atoms with Gasteiger partial charge in [0, 0.05) is 18.5 Å². The molecule has 3 N–H and O–H groups in total. The van der Waals surface area contributed by atoms with Crippen molar-refractivity contribution in [3.05, 3.63) is 11.6 Å². The average molecular weight is 451 g/mol. The third-order valence-corrected chi connectivity index (χ3v) is 5.02. The van der Waals surface area contributed by atoms with Crippen molar-refractivity contribution in [2.24, 2.45) is 10.4 Å². The summed E-state index contributed by atoms with van der Waals surface area (Å²) in [7, 11) is 0. The Bertz CT molecular complexity index is 428. The summed E-state index contributed by atoms with van der Waals surface area (Å²) in [5.74, 6) is 0.860. The second-order valence-corrected chi connectivity index (χ2v) is 6.97. The minimum atomic E-state index is -0.227. The lowest BCUT2D eigenvalue weighted by Gasteiger charge is -2.37. The molecular formula is C18H34IN3O2. The highest BCUT2D eigenvalue weighted by atomic mass is 127. The number of aliphatic imine (C=N–C) groups is 1. The minimum Gasteiger partial charge on any atom is -0.392 e. The van der Waals surface area contributed by atoms with Gasteiger partial charge in [-0.1, -0.05) is 31.4 Å². The summed E-state index contributed by atoms with van der Waals surface area (Å²) in [5.41, 5.74) is 1.39. The maximum atomic E-state index is 10.3. The summed E-state index contributed by atoms with van der Waals surface area (Å²) in [5, 5.41) is 17.0. The minimum absolute atomic E-state index is 0. The SMILES string of the molecule is CCNC(=NCC1(C)CCCCC1O)NCCC1=CCOCC1.I. The monoisotopic (exact) mass is 451 g/mol. The van der Waals surface area contributed by atoms with Crippen LogP contribution in [-0.2, 0) is 4.74 Å². The second-order valence-electron chi connectivity index (χ2n) is 6.97. The first-order chi connectivity index (χ1) is 11.1. The van der Waals surface area contributed by atoms with Gasteiger partial charge in [-0.3, -0.25) is 4.99 Å². The lowest BCUT2D eigenvalue weighted by molar-refractivity contribution is 0.00716. The number of rotatable bonds is 6. The normalized spacial score (nSPS) is 27.9. The van der Waals surface area contributed by atoms with Crippen LogP contribution in [0.5, 0.6) is 0 Å². The fraction of sp³-hybridized carbons (Fsp3) is 0.833. The van der Waals surface area contributed by atoms with Crippen molar-refractivity contribution in [3.8, 4) is 0 Å². The average Bonchev–Trinajstić information content (AvgIpc) is 2.57. The number of ether oxygens (including phenoxy) is 1. The van der Waals surface area contributed by atoms with Gasteiger partial charge < -0.3 is 20.5 Å². The van der Waals surface area contributed by atoms with Gasteiger partial charge in [-0.25, -0.2) is 0 Å². The standard InChI is InChI=1S/C18H33N3O2.HI/c1-3-19-17(20-11-7-15-8-12-23-13-9-15)21-14-18(2)10-5-4-6-16(18)22;/h8,16,22H,3-7,9-14H2,1-2H3,(H2,19,20,21);1H. The van der Waals surface area contributed by atoms with E-state index in [0.29, 0.717) is 6.54 Å². The number of hydrogen-bond donors (Lipinski definition) is 3. The number of aliphatic hydroxyl groups is 1. The van der Waals surface area contributed by atoms with Gasteiger partial charge in [-0.05, 0) is 32.6 Å². The van der Waals surface area contributed by atoms with E-state index < -0.39 is 0 Å². The molecule has 0 radical (unpaired) electrons. The van der Waals surface area contributed by atoms with E-state index in [0.717, 1.165) is 64.4 Å². The van der Waals surface area contributed by atoms with Crippen LogP contribution in [0.25, 0.3) is 0 Å². The highest BCUT2D eigenvalue weighted by Gasteiger charge is 2.35. The predicted octanol–water partition coefficient (Wildman–Crippen LogP) is 2.84. The van der Waals surface area contributed by atoms with Crippen molar-refractivity contribution in [1.82, 2.24) is 10.6 Å². The molecule has 0 aromatic heterocycles. The fourth-order valence-corrected chi connectivity index (χ4v) is 3.30. The van der Waals surface area contributed by atoms with E-state index in [1.165, 1.54) is 12.0 Å². The molecule has 1 heterocycles. The van der Waals surface area contributed by atoms with E-state index in [-0.39, 0.29) is 35.5 Å². The molecule has 0 saturated heterocycles. The zero-order chi connectivity index (χ0) is 16.5. The largest absolute Gasteiger partial charge is 0.392 e. The van der Waals surface area contributed by atoms with Crippen LogP contribution in [0, 0.1) is 5.41 Å². The van der Waals surface area contributed by atoms with Crippen LogP contribution in [0.15, 0.2) is 16.6 Å². The molecule has 0 aromatic carbocycles. The molecule has 2 unspecified atom stereocenters. The molecule has 6 heteroatoms. The maximum absolute atomic E-state index is 10.3. The highest BCUT2D eigenvalue weighted by Crippen LogP contribution is 2.36. The molecule has 24 heavy (non-hydrogen) atoms. The van der Waals surface area contributed by atoms with Crippen molar-refractivity contribution < 1.29 is 9.84 Å². The van der Waals surface area contributed by atoms with Gasteiger partial charge in [0.25, 0.3) is 0 Å². The van der Waals surface area contributed by atoms with E-state index >= 15 is 0 Å². The first-order valence-corrected chi connectivity index (χ1v) is 9.10. The van der Waals surface area contributed by atoms with Gasteiger partial charge in [-0.2, -0.15) is 0 Å². The Morgan fingerprint density at radius 3 is 2.92 bits per heavy atom. The van der Waals surface area contributed by atoms with Gasteiger partial charge in [0.1, 0.15) is 0 Å². The van der Waals surface area contributed by atoms with E-state index in [1.807, 2.05) is 0 Å². The van der Waals surface area contributed by atoms with Crippen molar-refractivity contribution in [1.29, 1.82) is 0 Å². The zero-order valence-corrected chi connectivity index (χ0v) is 17.5. The van der Waals surface area contributed by atoms with Crippen molar-refractivity contribution in [2.45, 2.75) is 58.5 Å². The Labute approximate surface area is 163 Å². The zero-order valence-electron chi connectivity index (χ0n) is 15.1. The molecule has 0 bridgehead atoms. The van der Waals surface area contributed by atoms with E-state index in [1.54, 1.807) is 0 Å². The number of guanidine groups is 1. The predicted molar refractivity (Wildman–Crippen MR) is 110 cm³/mol. The molecule has 1 aliphatic carbocycles. The first-order valence-electron chi connectivity index (χ1n) is 9.10. The van der Waals surface area contributed by atoms with Gasteiger partial charge in [0.2, 0.25) is 0 Å². The van der Waals surface area contributed by atoms with E-state index in [2.05, 4.69) is 30.6 Å². The van der Waals surface area contributed by atoms with Crippen molar-refractivity contribution in [3.63, 3.8) is 0 Å². The number of hydrogen-bond acceptors (Lipinski definition) is 3. The highest BCUT2D eigenvalue weighted by molar-refractivity contribution is 14.0. The van der Waals surface area contributed by atoms with Crippen LogP contribution in [0.1, 0.15) is 52.4 Å². The molecule has 140 valence electrons. The van der Waals surface area contributed by atoms with Crippen molar-refractivity contribution >= 4 is 29.9 Å². The Balaban J connectivity index is 0.00000288. The topological polar surface area (TPSA) is 65.9 Å². The maximum Gasteiger partial charge on any atom is 0.191 e. The molecule has 2 aliphatic rings. The fourth-order valence-electron chi connectivity index (χ4n) is 3.30. The molecule has 1 saturated carbocycles. The van der Waals surface area contributed by atoms with Crippen LogP contribution in [-0.4, -0.2) is 50.0 Å². The third-order valence-electron chi connectivity index (χ3n) is 5.02. The summed E-state index contributed by atoms with van der Waals surface area (Å²) >= 11 is 0. The summed E-state index contributed by atoms with van der Waals surface area (Å²) in [6.45, 7) is 8.25. The van der Waals surface area contributed by atoms with E-state index in [4.69, 9.17) is 9.73 Å². The Morgan fingerprint density at radius 1 is 1.42 bits per heavy atom. The number of nitrogens with zero attached hydrogens (tertiary/aromatic N) is 1. The molecule has 0 spiro atoms. The number of halogens is 1. The van der Waals surface area contributed by atoms with Crippen molar-refractivity contribution in [2.75, 3.05) is 32.8 Å². The molecule has 5 nitrogen and oxygen atoms in total. The van der Waals surface area contributed by atoms with Crippen LogP contribution < -0.4 is 10.6 Å². The molecule has 1 aliphatic heterocycles. The van der Waals surface area contributed by atoms with Gasteiger partial charge >= 0.3 is 0 Å². The van der Waals surface area contributed by atoms with Crippen LogP contribution in [0.4, 0.5) is 0 Å². The Hall–Kier alpha value is -0.340. The lowest BCUT2D eigenvalue weighted by atomic mass is 9.73. The molecular weight excluding hydrogens is 417 g/mol. The molecule has 1 fully saturated rings. The van der Waals surface area contributed by atoms with E-state index in [9.17, 15) is 5.11 Å². The third kappa shape index (κ3) is 6.88. The van der Waals surface area contributed by atoms with Gasteiger partial charge in [-0.15, -0.1) is 24.0 Å². The summed E-state index contributed by atoms with van der Waals surface area (Å²) in [4.78, 5) is 4.73. The molecule has 0 aromatic rings. The lowest BCUT2D eigenvalue weighted by Crippen LogP contribution is -2.42. The van der Waals surface area contributed by atoms with Gasteiger partial charge in [0.15, 0.2) is 5.96 Å². The molecule has 0 amide bonds. The quantitative estimate of drug-likeness (QED) is 0.252. The second kappa shape index (κ2) is 11.3. The van der Waals surface area contributed by atoms with Gasteiger partial charge in [0.05, 0.1) is 25.9 Å². The Morgan fingerprint density at radius 2 is 2.25 bits per heavy atom. The summed E-state index contributed by atoms with van der Waals surface area (Å²) in [6, 6.07) is 0. The van der Waals surface area contributed by atoms with Crippen LogP contribution in [0.3, 0.4) is 0 Å². The molecule has 2 rings (SSSR count). The summed E-state index contributed by atoms with van der Waals surface area (Å²) in [6.07, 6.45) is 8.34. The number of aliphatic hydroxyl groups excluding tert-OH is 1.